The second-order valence-electron chi connectivity index (χ2n) is 8.07. The van der Waals surface area contributed by atoms with Crippen molar-refractivity contribution in [3.8, 4) is 11.5 Å². The summed E-state index contributed by atoms with van der Waals surface area (Å²) in [5.74, 6) is -1.42. The molecule has 0 spiro atoms. The van der Waals surface area contributed by atoms with Gasteiger partial charge in [0, 0.05) is 18.5 Å². The molecule has 2 atom stereocenters. The summed E-state index contributed by atoms with van der Waals surface area (Å²) in [7, 11) is 1.59. The first-order valence-electron chi connectivity index (χ1n) is 11.3. The van der Waals surface area contributed by atoms with Crippen LogP contribution in [0.1, 0.15) is 22.6 Å². The number of hydrazone groups is 1. The molecule has 1 heterocycles. The van der Waals surface area contributed by atoms with E-state index < -0.39 is 17.8 Å². The van der Waals surface area contributed by atoms with E-state index >= 15 is 0 Å². The van der Waals surface area contributed by atoms with E-state index in [9.17, 15) is 14.4 Å². The Morgan fingerprint density at radius 3 is 2.50 bits per heavy atom. The lowest BCUT2D eigenvalue weighted by Gasteiger charge is -2.15. The first-order valence-corrected chi connectivity index (χ1v) is 11.3. The monoisotopic (exact) mass is 483 g/mol. The van der Waals surface area contributed by atoms with Gasteiger partial charge in [0.05, 0.1) is 13.3 Å². The molecule has 2 amide bonds. The van der Waals surface area contributed by atoms with Gasteiger partial charge in [0.1, 0.15) is 17.4 Å². The highest BCUT2D eigenvalue weighted by Crippen LogP contribution is 2.29. The number of rotatable bonds is 8. The minimum absolute atomic E-state index is 0.261. The van der Waals surface area contributed by atoms with Gasteiger partial charge in [-0.15, -0.1) is 0 Å². The molecule has 1 aliphatic rings. The Morgan fingerprint density at radius 1 is 0.972 bits per heavy atom. The molecule has 0 saturated carbocycles. The maximum atomic E-state index is 12.7. The highest BCUT2D eigenvalue weighted by molar-refractivity contribution is 6.03. The van der Waals surface area contributed by atoms with Crippen molar-refractivity contribution in [2.75, 3.05) is 13.7 Å². The third-order valence-corrected chi connectivity index (χ3v) is 5.68. The van der Waals surface area contributed by atoms with E-state index in [0.717, 1.165) is 16.9 Å². The Balaban J connectivity index is 1.34. The third kappa shape index (κ3) is 6.24. The average molecular weight is 484 g/mol. The molecule has 0 aromatic heterocycles. The molecule has 3 aromatic rings. The highest BCUT2D eigenvalue weighted by Gasteiger charge is 2.40. The number of carbonyl (C=O) groups is 3. The smallest absolute Gasteiger partial charge is 0.336 e. The Bertz CT molecular complexity index is 1290. The quantitative estimate of drug-likeness (QED) is 0.128. The van der Waals surface area contributed by atoms with Crippen molar-refractivity contribution in [1.82, 2.24) is 10.7 Å². The summed E-state index contributed by atoms with van der Waals surface area (Å²) in [6.07, 6.45) is 4.40. The van der Waals surface area contributed by atoms with Crippen molar-refractivity contribution in [2.24, 2.45) is 11.0 Å². The Labute approximate surface area is 208 Å². The minimum Gasteiger partial charge on any atom is -0.497 e. The molecule has 1 saturated heterocycles. The van der Waals surface area contributed by atoms with E-state index in [1.807, 2.05) is 42.5 Å². The van der Waals surface area contributed by atoms with Gasteiger partial charge in [-0.25, -0.2) is 10.2 Å². The number of hydrogen-bond donors (Lipinski definition) is 2. The van der Waals surface area contributed by atoms with E-state index in [0.29, 0.717) is 17.9 Å². The van der Waals surface area contributed by atoms with Crippen molar-refractivity contribution in [1.29, 1.82) is 0 Å². The van der Waals surface area contributed by atoms with E-state index in [1.165, 1.54) is 12.3 Å². The SMILES string of the molecule is COc1ccc(/C=C/C(=O)Oc2cccc(/C=N/NC(=O)[C@H]3C(=O)NC[C@H]3c3ccccc3)c2)cc1. The molecule has 0 radical (unpaired) electrons. The van der Waals surface area contributed by atoms with E-state index in [1.54, 1.807) is 49.6 Å². The molecule has 0 unspecified atom stereocenters. The van der Waals surface area contributed by atoms with Gasteiger partial charge >= 0.3 is 5.97 Å². The summed E-state index contributed by atoms with van der Waals surface area (Å²) in [6, 6.07) is 23.4. The Morgan fingerprint density at radius 2 is 1.75 bits per heavy atom. The lowest BCUT2D eigenvalue weighted by atomic mass is 9.88. The van der Waals surface area contributed by atoms with Crippen LogP contribution < -0.4 is 20.2 Å². The normalized spacial score (nSPS) is 17.2. The second kappa shape index (κ2) is 11.6. The van der Waals surface area contributed by atoms with E-state index in [2.05, 4.69) is 15.8 Å². The lowest BCUT2D eigenvalue weighted by molar-refractivity contribution is -0.133. The Hall–Kier alpha value is -4.72. The maximum Gasteiger partial charge on any atom is 0.336 e. The van der Waals surface area contributed by atoms with Crippen molar-refractivity contribution in [3.63, 3.8) is 0 Å². The van der Waals surface area contributed by atoms with Gasteiger partial charge < -0.3 is 14.8 Å². The fraction of sp³-hybridized carbons (Fsp3) is 0.143. The van der Waals surface area contributed by atoms with Crippen LogP contribution in [-0.4, -0.2) is 37.7 Å². The van der Waals surface area contributed by atoms with Crippen LogP contribution in [0.15, 0.2) is 90.0 Å². The predicted octanol–water partition coefficient (Wildman–Crippen LogP) is 3.29. The first kappa shape index (κ1) is 24.4. The van der Waals surface area contributed by atoms with Gasteiger partial charge in [-0.3, -0.25) is 9.59 Å². The molecule has 1 fully saturated rings. The fourth-order valence-corrected chi connectivity index (χ4v) is 3.86. The van der Waals surface area contributed by atoms with Crippen molar-refractivity contribution >= 4 is 30.1 Å². The summed E-state index contributed by atoms with van der Waals surface area (Å²) in [5, 5.41) is 6.74. The number of esters is 1. The number of methoxy groups -OCH3 is 1. The van der Waals surface area contributed by atoms with Crippen LogP contribution in [0, 0.1) is 5.92 Å². The first-order chi connectivity index (χ1) is 17.5. The van der Waals surface area contributed by atoms with Crippen LogP contribution in [0.25, 0.3) is 6.08 Å². The van der Waals surface area contributed by atoms with Crippen LogP contribution in [0.2, 0.25) is 0 Å². The van der Waals surface area contributed by atoms with E-state index in [4.69, 9.17) is 9.47 Å². The second-order valence-corrected chi connectivity index (χ2v) is 8.07. The number of nitrogens with one attached hydrogen (secondary N) is 2. The van der Waals surface area contributed by atoms with Crippen LogP contribution in [-0.2, 0) is 14.4 Å². The van der Waals surface area contributed by atoms with Crippen molar-refractivity contribution in [3.05, 3.63) is 102 Å². The van der Waals surface area contributed by atoms with Gasteiger partial charge in [0.2, 0.25) is 5.91 Å². The van der Waals surface area contributed by atoms with Crippen LogP contribution >= 0.6 is 0 Å². The van der Waals surface area contributed by atoms with E-state index in [-0.39, 0.29) is 11.8 Å². The molecule has 0 bridgehead atoms. The zero-order valence-electron chi connectivity index (χ0n) is 19.6. The van der Waals surface area contributed by atoms with Crippen LogP contribution in [0.3, 0.4) is 0 Å². The summed E-state index contributed by atoms with van der Waals surface area (Å²) < 4.78 is 10.5. The molecule has 8 nitrogen and oxygen atoms in total. The largest absolute Gasteiger partial charge is 0.497 e. The molecular weight excluding hydrogens is 458 g/mol. The number of nitrogens with zero attached hydrogens (tertiary/aromatic N) is 1. The molecule has 8 heteroatoms. The zero-order chi connectivity index (χ0) is 25.3. The van der Waals surface area contributed by atoms with Gasteiger partial charge in [0.15, 0.2) is 0 Å². The summed E-state index contributed by atoms with van der Waals surface area (Å²) in [5.41, 5.74) is 4.80. The summed E-state index contributed by atoms with van der Waals surface area (Å²) in [6.45, 7) is 0.394. The molecule has 36 heavy (non-hydrogen) atoms. The van der Waals surface area contributed by atoms with Gasteiger partial charge in [-0.1, -0.05) is 54.6 Å². The van der Waals surface area contributed by atoms with Gasteiger partial charge in [-0.2, -0.15) is 5.10 Å². The van der Waals surface area contributed by atoms with Crippen molar-refractivity contribution in [2.45, 2.75) is 5.92 Å². The number of ether oxygens (including phenoxy) is 2. The van der Waals surface area contributed by atoms with Crippen LogP contribution in [0.4, 0.5) is 0 Å². The molecule has 2 N–H and O–H groups in total. The molecule has 0 aliphatic carbocycles. The Kier molecular flexibility index (Phi) is 7.87. The third-order valence-electron chi connectivity index (χ3n) is 5.68. The molecule has 3 aromatic carbocycles. The standard InChI is InChI=1S/C28H25N3O5/c1-35-22-13-10-19(11-14-22)12-15-25(32)36-23-9-5-6-20(16-23)17-30-31-28(34)26-24(18-29-27(26)33)21-7-3-2-4-8-21/h2-17,24,26H,18H2,1H3,(H,29,33)(H,31,34)/b15-12+,30-17+/t24-,26+/m0/s1. The fourth-order valence-electron chi connectivity index (χ4n) is 3.86. The zero-order valence-corrected chi connectivity index (χ0v) is 19.6. The minimum atomic E-state index is -0.866. The molecule has 4 rings (SSSR count). The van der Waals surface area contributed by atoms with Crippen molar-refractivity contribution < 1.29 is 23.9 Å². The lowest BCUT2D eigenvalue weighted by Crippen LogP contribution is -2.34. The van der Waals surface area contributed by atoms with Gasteiger partial charge in [0.25, 0.3) is 5.91 Å². The molecule has 1 aliphatic heterocycles. The van der Waals surface area contributed by atoms with Crippen LogP contribution in [0.5, 0.6) is 11.5 Å². The number of benzene rings is 3. The van der Waals surface area contributed by atoms with Gasteiger partial charge in [-0.05, 0) is 47.0 Å². The number of carbonyl (C=O) groups excluding carboxylic acids is 3. The summed E-state index contributed by atoms with van der Waals surface area (Å²) in [4.78, 5) is 37.2. The maximum absolute atomic E-state index is 12.7. The number of amides is 2. The predicted molar refractivity (Wildman–Crippen MR) is 136 cm³/mol. The average Bonchev–Trinajstić information content (AvgIpc) is 3.30. The summed E-state index contributed by atoms with van der Waals surface area (Å²) >= 11 is 0. The molecular formula is C28H25N3O5. The highest BCUT2D eigenvalue weighted by atomic mass is 16.5. The molecule has 182 valence electrons. The number of hydrogen-bond acceptors (Lipinski definition) is 6. The topological polar surface area (TPSA) is 106 Å².